The van der Waals surface area contributed by atoms with Crippen LogP contribution in [0.5, 0.6) is 5.75 Å². The summed E-state index contributed by atoms with van der Waals surface area (Å²) < 4.78 is 5.25. The molecule has 0 spiro atoms. The van der Waals surface area contributed by atoms with Crippen molar-refractivity contribution in [2.75, 3.05) is 7.11 Å². The SMILES string of the molecule is C=C(C)C(=O)c1ccc(C(C)C)cc1OC. The predicted octanol–water partition coefficient (Wildman–Crippen LogP) is 3.58. The number of benzene rings is 1. The van der Waals surface area contributed by atoms with Gasteiger partial charge in [-0.3, -0.25) is 4.79 Å². The van der Waals surface area contributed by atoms with Crippen molar-refractivity contribution in [2.45, 2.75) is 26.7 Å². The van der Waals surface area contributed by atoms with Gasteiger partial charge in [0.2, 0.25) is 0 Å². The summed E-state index contributed by atoms with van der Waals surface area (Å²) in [6.07, 6.45) is 0. The van der Waals surface area contributed by atoms with Crippen LogP contribution in [-0.2, 0) is 0 Å². The fourth-order valence-electron chi connectivity index (χ4n) is 1.48. The average Bonchev–Trinajstić information content (AvgIpc) is 2.26. The molecule has 0 saturated heterocycles. The highest BCUT2D eigenvalue weighted by molar-refractivity contribution is 6.09. The number of allylic oxidation sites excluding steroid dienone is 1. The van der Waals surface area contributed by atoms with Gasteiger partial charge in [-0.15, -0.1) is 0 Å². The van der Waals surface area contributed by atoms with E-state index in [1.807, 2.05) is 18.2 Å². The third-order valence-electron chi connectivity index (χ3n) is 2.52. The molecule has 0 aliphatic heterocycles. The van der Waals surface area contributed by atoms with Gasteiger partial charge in [0.05, 0.1) is 12.7 Å². The van der Waals surface area contributed by atoms with Crippen molar-refractivity contribution in [2.24, 2.45) is 0 Å². The van der Waals surface area contributed by atoms with E-state index in [0.29, 0.717) is 22.8 Å². The number of Topliss-reactive ketones (excluding diaryl/α,β-unsaturated/α-hetero) is 1. The van der Waals surface area contributed by atoms with E-state index in [4.69, 9.17) is 4.74 Å². The maximum atomic E-state index is 11.8. The van der Waals surface area contributed by atoms with E-state index in [1.165, 1.54) is 0 Å². The molecule has 0 aliphatic carbocycles. The van der Waals surface area contributed by atoms with Crippen LogP contribution in [-0.4, -0.2) is 12.9 Å². The van der Waals surface area contributed by atoms with Gasteiger partial charge in [-0.2, -0.15) is 0 Å². The van der Waals surface area contributed by atoms with Crippen molar-refractivity contribution in [3.8, 4) is 5.75 Å². The van der Waals surface area contributed by atoms with Gasteiger partial charge in [-0.1, -0.05) is 26.5 Å². The molecule has 1 aromatic rings. The van der Waals surface area contributed by atoms with E-state index in [2.05, 4.69) is 20.4 Å². The Morgan fingerprint density at radius 3 is 2.44 bits per heavy atom. The first-order chi connectivity index (χ1) is 7.47. The van der Waals surface area contributed by atoms with Crippen molar-refractivity contribution in [1.29, 1.82) is 0 Å². The lowest BCUT2D eigenvalue weighted by Crippen LogP contribution is -2.03. The van der Waals surface area contributed by atoms with Crippen LogP contribution < -0.4 is 4.74 Å². The molecular formula is C14H18O2. The first-order valence-electron chi connectivity index (χ1n) is 5.35. The highest BCUT2D eigenvalue weighted by Gasteiger charge is 2.14. The van der Waals surface area contributed by atoms with Crippen molar-refractivity contribution in [3.05, 3.63) is 41.5 Å². The first-order valence-corrected chi connectivity index (χ1v) is 5.35. The molecule has 0 atom stereocenters. The molecule has 86 valence electrons. The maximum Gasteiger partial charge on any atom is 0.191 e. The fraction of sp³-hybridized carbons (Fsp3) is 0.357. The van der Waals surface area contributed by atoms with Crippen LogP contribution in [0.4, 0.5) is 0 Å². The standard InChI is InChI=1S/C14H18O2/c1-9(2)11-6-7-12(13(8-11)16-5)14(15)10(3)4/h6-9H,3H2,1-2,4-5H3. The lowest BCUT2D eigenvalue weighted by Gasteiger charge is -2.11. The Labute approximate surface area is 96.9 Å². The topological polar surface area (TPSA) is 26.3 Å². The number of hydrogen-bond acceptors (Lipinski definition) is 2. The number of hydrogen-bond donors (Lipinski definition) is 0. The third kappa shape index (κ3) is 2.51. The minimum absolute atomic E-state index is 0.0628. The molecule has 0 heterocycles. The van der Waals surface area contributed by atoms with Crippen molar-refractivity contribution in [1.82, 2.24) is 0 Å². The van der Waals surface area contributed by atoms with Gasteiger partial charge in [0.25, 0.3) is 0 Å². The van der Waals surface area contributed by atoms with E-state index >= 15 is 0 Å². The van der Waals surface area contributed by atoms with Crippen LogP contribution in [0.3, 0.4) is 0 Å². The summed E-state index contributed by atoms with van der Waals surface area (Å²) in [5, 5.41) is 0. The molecule has 0 amide bonds. The molecule has 2 heteroatoms. The molecule has 0 N–H and O–H groups in total. The van der Waals surface area contributed by atoms with Crippen LogP contribution in [0.15, 0.2) is 30.4 Å². The van der Waals surface area contributed by atoms with E-state index in [0.717, 1.165) is 5.56 Å². The third-order valence-corrected chi connectivity index (χ3v) is 2.52. The second kappa shape index (κ2) is 4.97. The lowest BCUT2D eigenvalue weighted by molar-refractivity contribution is 0.103. The Balaban J connectivity index is 3.22. The summed E-state index contributed by atoms with van der Waals surface area (Å²) in [6, 6.07) is 5.69. The molecule has 0 radical (unpaired) electrons. The summed E-state index contributed by atoms with van der Waals surface area (Å²) in [5.74, 6) is 0.981. The van der Waals surface area contributed by atoms with E-state index in [1.54, 1.807) is 14.0 Å². The summed E-state index contributed by atoms with van der Waals surface area (Å²) in [6.45, 7) is 9.58. The summed E-state index contributed by atoms with van der Waals surface area (Å²) in [5.41, 5.74) is 2.27. The molecule has 16 heavy (non-hydrogen) atoms. The first kappa shape index (κ1) is 12.5. The number of methoxy groups -OCH3 is 1. The van der Waals surface area contributed by atoms with Crippen LogP contribution >= 0.6 is 0 Å². The zero-order valence-electron chi connectivity index (χ0n) is 10.3. The summed E-state index contributed by atoms with van der Waals surface area (Å²) in [7, 11) is 1.58. The van der Waals surface area contributed by atoms with Crippen LogP contribution in [0.1, 0.15) is 42.6 Å². The van der Waals surface area contributed by atoms with Gasteiger partial charge in [-0.25, -0.2) is 0 Å². The Morgan fingerprint density at radius 2 is 2.00 bits per heavy atom. The van der Waals surface area contributed by atoms with Gasteiger partial charge in [0.1, 0.15) is 5.75 Å². The second-order valence-corrected chi connectivity index (χ2v) is 4.22. The predicted molar refractivity (Wildman–Crippen MR) is 66.2 cm³/mol. The minimum atomic E-state index is -0.0628. The normalized spacial score (nSPS) is 10.3. The highest BCUT2D eigenvalue weighted by atomic mass is 16.5. The largest absolute Gasteiger partial charge is 0.496 e. The fourth-order valence-corrected chi connectivity index (χ4v) is 1.48. The Bertz CT molecular complexity index is 417. The van der Waals surface area contributed by atoms with Crippen molar-refractivity contribution >= 4 is 5.78 Å². The summed E-state index contributed by atoms with van der Waals surface area (Å²) >= 11 is 0. The summed E-state index contributed by atoms with van der Waals surface area (Å²) in [4.78, 5) is 11.8. The second-order valence-electron chi connectivity index (χ2n) is 4.22. The van der Waals surface area contributed by atoms with E-state index in [9.17, 15) is 4.79 Å². The van der Waals surface area contributed by atoms with Gasteiger partial charge >= 0.3 is 0 Å². The van der Waals surface area contributed by atoms with Crippen LogP contribution in [0.2, 0.25) is 0 Å². The van der Waals surface area contributed by atoms with Gasteiger partial charge in [0, 0.05) is 0 Å². The molecule has 0 aromatic heterocycles. The molecule has 2 nitrogen and oxygen atoms in total. The zero-order valence-corrected chi connectivity index (χ0v) is 10.3. The monoisotopic (exact) mass is 218 g/mol. The number of carbonyl (C=O) groups excluding carboxylic acids is 1. The van der Waals surface area contributed by atoms with E-state index in [-0.39, 0.29) is 5.78 Å². The van der Waals surface area contributed by atoms with Crippen LogP contribution in [0, 0.1) is 0 Å². The quantitative estimate of drug-likeness (QED) is 0.570. The van der Waals surface area contributed by atoms with Gasteiger partial charge in [-0.05, 0) is 36.1 Å². The van der Waals surface area contributed by atoms with Crippen LogP contribution in [0.25, 0.3) is 0 Å². The highest BCUT2D eigenvalue weighted by Crippen LogP contribution is 2.26. The number of rotatable bonds is 4. The molecular weight excluding hydrogens is 200 g/mol. The smallest absolute Gasteiger partial charge is 0.191 e. The maximum absolute atomic E-state index is 11.8. The minimum Gasteiger partial charge on any atom is -0.496 e. The van der Waals surface area contributed by atoms with Crippen molar-refractivity contribution < 1.29 is 9.53 Å². The number of carbonyl (C=O) groups is 1. The molecule has 0 bridgehead atoms. The number of ketones is 1. The molecule has 1 aromatic carbocycles. The lowest BCUT2D eigenvalue weighted by atomic mass is 9.98. The average molecular weight is 218 g/mol. The molecule has 0 fully saturated rings. The van der Waals surface area contributed by atoms with Gasteiger partial charge < -0.3 is 4.74 Å². The molecule has 0 saturated carbocycles. The zero-order chi connectivity index (χ0) is 12.3. The van der Waals surface area contributed by atoms with Gasteiger partial charge in [0.15, 0.2) is 5.78 Å². The molecule has 0 aliphatic rings. The number of ether oxygens (including phenoxy) is 1. The Hall–Kier alpha value is -1.57. The molecule has 1 rings (SSSR count). The van der Waals surface area contributed by atoms with E-state index < -0.39 is 0 Å². The Morgan fingerprint density at radius 1 is 1.38 bits per heavy atom. The molecule has 0 unspecified atom stereocenters. The Kier molecular flexibility index (Phi) is 3.88. The van der Waals surface area contributed by atoms with Crippen molar-refractivity contribution in [3.63, 3.8) is 0 Å².